The van der Waals surface area contributed by atoms with E-state index in [2.05, 4.69) is 33.4 Å². The minimum atomic E-state index is -0.337. The number of esters is 2. The number of methoxy groups -OCH3 is 2. The molecule has 0 saturated heterocycles. The molecule has 0 unspecified atom stereocenters. The predicted molar refractivity (Wildman–Crippen MR) is 173 cm³/mol. The van der Waals surface area contributed by atoms with E-state index in [9.17, 15) is 19.2 Å². The Morgan fingerprint density at radius 3 is 1.96 bits per heavy atom. The Hall–Kier alpha value is -5.25. The number of aromatic amines is 2. The zero-order chi connectivity index (χ0) is 33.0. The molecule has 0 aromatic carbocycles. The third-order valence-corrected chi connectivity index (χ3v) is 8.31. The molecule has 2 aliphatic rings. The highest BCUT2D eigenvalue weighted by atomic mass is 16.5. The van der Waals surface area contributed by atoms with Crippen molar-refractivity contribution in [1.82, 2.24) is 15.3 Å². The van der Waals surface area contributed by atoms with Gasteiger partial charge in [0.25, 0.3) is 11.8 Å². The van der Waals surface area contributed by atoms with E-state index < -0.39 is 0 Å². The Balaban J connectivity index is 1.92. The summed E-state index contributed by atoms with van der Waals surface area (Å²) in [6.45, 7) is 15.1. The van der Waals surface area contributed by atoms with E-state index in [4.69, 9.17) is 9.47 Å². The largest absolute Gasteiger partial charge is 0.469 e. The highest BCUT2D eigenvalue weighted by Crippen LogP contribution is 2.27. The van der Waals surface area contributed by atoms with E-state index in [0.717, 1.165) is 55.5 Å². The SMILES string of the molecule is C=CC1=C(C)C(/C=c2/[nH]/c(=C\c3[nH]c(/C=C4/NC(=O)C(C)=C4C=C)c(C)c3CCC(=O)OC)c(CCC(=O)OC)c2C)=NC1=O. The number of H-pyrrole nitrogens is 2. The third kappa shape index (κ3) is 6.64. The molecule has 234 valence electrons. The van der Waals surface area contributed by atoms with Crippen LogP contribution in [-0.4, -0.2) is 53.7 Å². The second-order valence-corrected chi connectivity index (χ2v) is 10.9. The van der Waals surface area contributed by atoms with Gasteiger partial charge in [-0.25, -0.2) is 4.99 Å². The van der Waals surface area contributed by atoms with Crippen LogP contribution in [0, 0.1) is 13.8 Å². The highest BCUT2D eigenvalue weighted by Gasteiger charge is 2.23. The number of aromatic nitrogens is 2. The first-order chi connectivity index (χ1) is 21.4. The number of hydrogen-bond acceptors (Lipinski definition) is 6. The molecule has 3 N–H and O–H groups in total. The molecule has 0 aliphatic carbocycles. The van der Waals surface area contributed by atoms with Crippen molar-refractivity contribution in [2.24, 2.45) is 4.99 Å². The van der Waals surface area contributed by atoms with Crippen LogP contribution in [0.15, 0.2) is 58.3 Å². The fourth-order valence-corrected chi connectivity index (χ4v) is 5.54. The molecule has 10 heteroatoms. The lowest BCUT2D eigenvalue weighted by molar-refractivity contribution is -0.141. The molecule has 0 fully saturated rings. The summed E-state index contributed by atoms with van der Waals surface area (Å²) in [6.07, 6.45) is 9.92. The van der Waals surface area contributed by atoms with E-state index in [1.165, 1.54) is 20.3 Å². The summed E-state index contributed by atoms with van der Waals surface area (Å²) in [5.41, 5.74) is 8.76. The van der Waals surface area contributed by atoms with Gasteiger partial charge in [-0.05, 0) is 86.6 Å². The fourth-order valence-electron chi connectivity index (χ4n) is 5.54. The van der Waals surface area contributed by atoms with Gasteiger partial charge in [0.1, 0.15) is 0 Å². The van der Waals surface area contributed by atoms with Crippen LogP contribution in [-0.2, 0) is 41.5 Å². The summed E-state index contributed by atoms with van der Waals surface area (Å²) in [5, 5.41) is 4.38. The van der Waals surface area contributed by atoms with E-state index in [1.54, 1.807) is 13.0 Å². The smallest absolute Gasteiger partial charge is 0.305 e. The molecule has 45 heavy (non-hydrogen) atoms. The van der Waals surface area contributed by atoms with Crippen molar-refractivity contribution in [2.45, 2.75) is 53.4 Å². The Kier molecular flexibility index (Phi) is 9.86. The molecule has 0 atom stereocenters. The second kappa shape index (κ2) is 13.6. The van der Waals surface area contributed by atoms with E-state index >= 15 is 0 Å². The van der Waals surface area contributed by atoms with Crippen molar-refractivity contribution in [3.63, 3.8) is 0 Å². The van der Waals surface area contributed by atoms with Crippen molar-refractivity contribution in [2.75, 3.05) is 14.2 Å². The van der Waals surface area contributed by atoms with Crippen molar-refractivity contribution < 1.29 is 28.7 Å². The average Bonchev–Trinajstić information content (AvgIpc) is 3.66. The van der Waals surface area contributed by atoms with Crippen molar-refractivity contribution >= 4 is 47.7 Å². The average molecular weight is 611 g/mol. The van der Waals surface area contributed by atoms with Crippen molar-refractivity contribution in [1.29, 1.82) is 0 Å². The number of amides is 2. The Bertz CT molecular complexity index is 1890. The van der Waals surface area contributed by atoms with Gasteiger partial charge < -0.3 is 24.8 Å². The van der Waals surface area contributed by atoms with Gasteiger partial charge in [0.05, 0.1) is 25.6 Å². The monoisotopic (exact) mass is 610 g/mol. The normalized spacial score (nSPS) is 16.6. The van der Waals surface area contributed by atoms with E-state index in [-0.39, 0.29) is 36.6 Å². The predicted octanol–water partition coefficient (Wildman–Crippen LogP) is 3.24. The van der Waals surface area contributed by atoms with Gasteiger partial charge in [0.2, 0.25) is 0 Å². The number of rotatable bonds is 11. The van der Waals surface area contributed by atoms with Gasteiger partial charge in [-0.15, -0.1) is 0 Å². The minimum absolute atomic E-state index is 0.167. The summed E-state index contributed by atoms with van der Waals surface area (Å²) in [4.78, 5) is 60.1. The quantitative estimate of drug-likeness (QED) is 0.334. The van der Waals surface area contributed by atoms with Crippen LogP contribution in [0.25, 0.3) is 18.2 Å². The number of carbonyl (C=O) groups is 4. The molecule has 2 aliphatic heterocycles. The number of allylic oxidation sites excluding steroid dienone is 2. The van der Waals surface area contributed by atoms with Gasteiger partial charge in [0.15, 0.2) is 0 Å². The molecule has 0 radical (unpaired) electrons. The van der Waals surface area contributed by atoms with Gasteiger partial charge in [-0.3, -0.25) is 19.2 Å². The fraction of sp³-hybridized carbons (Fsp3) is 0.286. The molecular weight excluding hydrogens is 572 g/mol. The van der Waals surface area contributed by atoms with Crippen LogP contribution >= 0.6 is 0 Å². The number of ether oxygens (including phenoxy) is 2. The molecule has 0 saturated carbocycles. The van der Waals surface area contributed by atoms with Crippen LogP contribution < -0.4 is 16.0 Å². The van der Waals surface area contributed by atoms with Crippen LogP contribution in [0.5, 0.6) is 0 Å². The number of nitrogens with zero attached hydrogens (tertiary/aromatic N) is 1. The van der Waals surface area contributed by atoms with E-state index in [1.807, 2.05) is 39.0 Å². The summed E-state index contributed by atoms with van der Waals surface area (Å²) in [7, 11) is 2.71. The third-order valence-electron chi connectivity index (χ3n) is 8.31. The minimum Gasteiger partial charge on any atom is -0.469 e. The molecule has 10 nitrogen and oxygen atoms in total. The Labute approximate surface area is 261 Å². The number of nitrogens with one attached hydrogen (secondary N) is 3. The Morgan fingerprint density at radius 1 is 0.756 bits per heavy atom. The maximum atomic E-state index is 12.4. The number of aliphatic imine (C=N–C) groups is 1. The summed E-state index contributed by atoms with van der Waals surface area (Å²) in [6, 6.07) is 0. The molecule has 2 amide bonds. The molecule has 0 bridgehead atoms. The molecule has 2 aromatic heterocycles. The zero-order valence-corrected chi connectivity index (χ0v) is 26.5. The van der Waals surface area contributed by atoms with Crippen molar-refractivity contribution in [3.05, 3.63) is 97.6 Å². The number of carbonyl (C=O) groups excluding carboxylic acids is 4. The second-order valence-electron chi connectivity index (χ2n) is 10.9. The molecule has 0 spiro atoms. The molecular formula is C35H38N4O6. The summed E-state index contributed by atoms with van der Waals surface area (Å²) >= 11 is 0. The van der Waals surface area contributed by atoms with Crippen LogP contribution in [0.2, 0.25) is 0 Å². The van der Waals surface area contributed by atoms with Gasteiger partial charge in [-0.2, -0.15) is 0 Å². The first-order valence-electron chi connectivity index (χ1n) is 14.5. The summed E-state index contributed by atoms with van der Waals surface area (Å²) in [5.74, 6) is -1.19. The van der Waals surface area contributed by atoms with Crippen LogP contribution in [0.1, 0.15) is 60.3 Å². The van der Waals surface area contributed by atoms with Crippen LogP contribution in [0.3, 0.4) is 0 Å². The lowest BCUT2D eigenvalue weighted by Gasteiger charge is -2.04. The molecule has 4 heterocycles. The first-order valence-corrected chi connectivity index (χ1v) is 14.5. The van der Waals surface area contributed by atoms with Gasteiger partial charge in [-0.1, -0.05) is 25.3 Å². The maximum Gasteiger partial charge on any atom is 0.305 e. The lowest BCUT2D eigenvalue weighted by Crippen LogP contribution is -2.15. The van der Waals surface area contributed by atoms with Gasteiger partial charge >= 0.3 is 11.9 Å². The van der Waals surface area contributed by atoms with Crippen molar-refractivity contribution in [3.8, 4) is 0 Å². The molecule has 4 rings (SSSR count). The first kappa shape index (κ1) is 32.7. The summed E-state index contributed by atoms with van der Waals surface area (Å²) < 4.78 is 9.80. The zero-order valence-electron chi connectivity index (χ0n) is 26.5. The number of hydrogen-bond donors (Lipinski definition) is 3. The lowest BCUT2D eigenvalue weighted by atomic mass is 10.0. The standard InChI is InChI=1S/C35H38N4O6/c1-9-22-21(6)34(42)39-29(22)16-27-20(5)25(12-14-33(41)45-8)31(37-27)17-30-24(11-13-32(40)44-7)19(4)26(36-30)15-28-18(3)23(10-2)35(43)38-28/h9-10,15-17,36-37H,1-2,11-14H2,3-8H3,(H,39,42)/b26-15+,29-16+,30-17-. The highest BCUT2D eigenvalue weighted by molar-refractivity contribution is 6.31. The Morgan fingerprint density at radius 2 is 1.38 bits per heavy atom. The van der Waals surface area contributed by atoms with Gasteiger partial charge in [0, 0.05) is 51.6 Å². The van der Waals surface area contributed by atoms with Crippen LogP contribution in [0.4, 0.5) is 0 Å². The molecule has 2 aromatic rings. The van der Waals surface area contributed by atoms with E-state index in [0.29, 0.717) is 35.4 Å². The topological polar surface area (TPSA) is 143 Å². The maximum absolute atomic E-state index is 12.4.